The molecule has 0 radical (unpaired) electrons. The van der Waals surface area contributed by atoms with Gasteiger partial charge >= 0.3 is 0 Å². The summed E-state index contributed by atoms with van der Waals surface area (Å²) in [7, 11) is -4.29. The Morgan fingerprint density at radius 2 is 1.55 bits per heavy atom. The van der Waals surface area contributed by atoms with Crippen molar-refractivity contribution in [1.82, 2.24) is 9.21 Å². The first-order valence-corrected chi connectivity index (χ1v) is 10.7. The minimum atomic E-state index is -4.29. The van der Waals surface area contributed by atoms with E-state index in [2.05, 4.69) is 5.32 Å². The molecule has 0 saturated carbocycles. The monoisotopic (exact) mass is 443 g/mol. The third-order valence-corrected chi connectivity index (χ3v) is 7.13. The normalized spacial score (nSPS) is 15.4. The van der Waals surface area contributed by atoms with Crippen LogP contribution in [0, 0.1) is 31.3 Å². The van der Waals surface area contributed by atoms with Crippen molar-refractivity contribution in [2.75, 3.05) is 31.5 Å². The van der Waals surface area contributed by atoms with Gasteiger partial charge in [0, 0.05) is 31.9 Å². The predicted octanol–water partition coefficient (Wildman–Crippen LogP) is 3.42. The standard InChI is InChI=1S/C19H20F3N3O2S2/c1-12-4-3-5-13(2)18(12)23-19(28)24-8-10-25(11-9-24)29(26,27)15-7-6-14(20)16(21)17(15)22/h3-7H,8-11H2,1-2H3,(H,23,28). The number of anilines is 1. The summed E-state index contributed by atoms with van der Waals surface area (Å²) in [4.78, 5) is 0.940. The second kappa shape index (κ2) is 8.29. The van der Waals surface area contributed by atoms with Gasteiger partial charge in [0.25, 0.3) is 0 Å². The van der Waals surface area contributed by atoms with Crippen LogP contribution >= 0.6 is 12.2 Å². The summed E-state index contributed by atoms with van der Waals surface area (Å²) in [5, 5.41) is 3.65. The quantitative estimate of drug-likeness (QED) is 0.582. The number of piperazine rings is 1. The molecule has 0 bridgehead atoms. The zero-order valence-electron chi connectivity index (χ0n) is 15.9. The highest BCUT2D eigenvalue weighted by molar-refractivity contribution is 7.89. The van der Waals surface area contributed by atoms with Crippen LogP contribution in [0.4, 0.5) is 18.9 Å². The van der Waals surface area contributed by atoms with Gasteiger partial charge < -0.3 is 10.2 Å². The molecule has 0 amide bonds. The lowest BCUT2D eigenvalue weighted by Gasteiger charge is -2.35. The maximum absolute atomic E-state index is 14.0. The van der Waals surface area contributed by atoms with Crippen LogP contribution in [-0.4, -0.2) is 48.9 Å². The number of benzene rings is 2. The van der Waals surface area contributed by atoms with Crippen molar-refractivity contribution >= 4 is 33.0 Å². The van der Waals surface area contributed by atoms with E-state index in [-0.39, 0.29) is 26.2 Å². The first-order chi connectivity index (χ1) is 13.6. The second-order valence-corrected chi connectivity index (χ2v) is 9.05. The molecule has 1 aliphatic heterocycles. The molecule has 1 saturated heterocycles. The van der Waals surface area contributed by atoms with E-state index in [1.165, 1.54) is 0 Å². The van der Waals surface area contributed by atoms with Crippen LogP contribution in [0.1, 0.15) is 11.1 Å². The van der Waals surface area contributed by atoms with Crippen molar-refractivity contribution in [2.45, 2.75) is 18.7 Å². The maximum atomic E-state index is 14.0. The van der Waals surface area contributed by atoms with E-state index in [0.29, 0.717) is 11.2 Å². The van der Waals surface area contributed by atoms with E-state index in [9.17, 15) is 21.6 Å². The molecule has 1 fully saturated rings. The molecule has 2 aromatic rings. The molecule has 0 aliphatic carbocycles. The Bertz CT molecular complexity index is 1030. The Kier molecular flexibility index (Phi) is 6.16. The number of para-hydroxylation sites is 1. The lowest BCUT2D eigenvalue weighted by atomic mass is 10.1. The first kappa shape index (κ1) is 21.5. The van der Waals surface area contributed by atoms with Gasteiger partial charge in [-0.1, -0.05) is 18.2 Å². The van der Waals surface area contributed by atoms with Crippen molar-refractivity contribution in [3.05, 3.63) is 58.9 Å². The van der Waals surface area contributed by atoms with E-state index in [0.717, 1.165) is 27.2 Å². The third-order valence-electron chi connectivity index (χ3n) is 4.86. The van der Waals surface area contributed by atoms with Crippen molar-refractivity contribution in [3.8, 4) is 0 Å². The van der Waals surface area contributed by atoms with Gasteiger partial charge in [-0.2, -0.15) is 4.31 Å². The van der Waals surface area contributed by atoms with Crippen LogP contribution in [0.2, 0.25) is 0 Å². The topological polar surface area (TPSA) is 52.6 Å². The minimum Gasteiger partial charge on any atom is -0.346 e. The van der Waals surface area contributed by atoms with E-state index in [1.807, 2.05) is 36.9 Å². The molecule has 0 spiro atoms. The fraction of sp³-hybridized carbons (Fsp3) is 0.316. The number of hydrogen-bond acceptors (Lipinski definition) is 3. The molecular formula is C19H20F3N3O2S2. The van der Waals surface area contributed by atoms with Crippen LogP contribution in [0.15, 0.2) is 35.2 Å². The number of aryl methyl sites for hydroxylation is 2. The average molecular weight is 444 g/mol. The zero-order valence-corrected chi connectivity index (χ0v) is 17.5. The van der Waals surface area contributed by atoms with E-state index in [1.54, 1.807) is 0 Å². The molecule has 0 aromatic heterocycles. The number of halogens is 3. The largest absolute Gasteiger partial charge is 0.346 e. The van der Waals surface area contributed by atoms with Gasteiger partial charge in [0.15, 0.2) is 22.6 Å². The van der Waals surface area contributed by atoms with Gasteiger partial charge in [-0.05, 0) is 49.3 Å². The molecule has 0 atom stereocenters. The minimum absolute atomic E-state index is 0.0370. The van der Waals surface area contributed by atoms with Crippen molar-refractivity contribution in [1.29, 1.82) is 0 Å². The number of nitrogens with zero attached hydrogens (tertiary/aromatic N) is 2. The van der Waals surface area contributed by atoms with Crippen LogP contribution in [0.5, 0.6) is 0 Å². The average Bonchev–Trinajstić information content (AvgIpc) is 2.69. The lowest BCUT2D eigenvalue weighted by Crippen LogP contribution is -2.51. The van der Waals surface area contributed by atoms with Gasteiger partial charge in [0.2, 0.25) is 10.0 Å². The lowest BCUT2D eigenvalue weighted by molar-refractivity contribution is 0.267. The number of thiocarbonyl (C=S) groups is 1. The predicted molar refractivity (Wildman–Crippen MR) is 109 cm³/mol. The highest BCUT2D eigenvalue weighted by Crippen LogP contribution is 2.25. The van der Waals surface area contributed by atoms with Crippen LogP contribution in [0.25, 0.3) is 0 Å². The molecule has 2 aromatic carbocycles. The second-order valence-electron chi connectivity index (χ2n) is 6.76. The first-order valence-electron chi connectivity index (χ1n) is 8.88. The van der Waals surface area contributed by atoms with Crippen LogP contribution in [0.3, 0.4) is 0 Å². The molecule has 3 rings (SSSR count). The summed E-state index contributed by atoms with van der Waals surface area (Å²) in [5.74, 6) is -4.95. The SMILES string of the molecule is Cc1cccc(C)c1NC(=S)N1CCN(S(=O)(=O)c2ccc(F)c(F)c2F)CC1. The van der Waals surface area contributed by atoms with Crippen LogP contribution in [-0.2, 0) is 10.0 Å². The van der Waals surface area contributed by atoms with E-state index < -0.39 is 32.4 Å². The Labute approximate surface area is 173 Å². The van der Waals surface area contributed by atoms with Crippen molar-refractivity contribution in [2.24, 2.45) is 0 Å². The van der Waals surface area contributed by atoms with E-state index >= 15 is 0 Å². The molecule has 156 valence electrons. The highest BCUT2D eigenvalue weighted by Gasteiger charge is 2.33. The molecule has 1 heterocycles. The van der Waals surface area contributed by atoms with Crippen molar-refractivity contribution in [3.63, 3.8) is 0 Å². The summed E-state index contributed by atoms with van der Waals surface area (Å²) < 4.78 is 66.9. The van der Waals surface area contributed by atoms with Gasteiger partial charge in [0.1, 0.15) is 4.90 Å². The molecule has 29 heavy (non-hydrogen) atoms. The maximum Gasteiger partial charge on any atom is 0.246 e. The van der Waals surface area contributed by atoms with Gasteiger partial charge in [-0.15, -0.1) is 0 Å². The van der Waals surface area contributed by atoms with Gasteiger partial charge in [0.05, 0.1) is 0 Å². The van der Waals surface area contributed by atoms with Crippen LogP contribution < -0.4 is 5.32 Å². The Hall–Kier alpha value is -2.17. The molecule has 10 heteroatoms. The fourth-order valence-electron chi connectivity index (χ4n) is 3.18. The van der Waals surface area contributed by atoms with E-state index in [4.69, 9.17) is 12.2 Å². The summed E-state index contributed by atoms with van der Waals surface area (Å²) >= 11 is 5.45. The highest BCUT2D eigenvalue weighted by atomic mass is 32.2. The molecule has 1 aliphatic rings. The molecular weight excluding hydrogens is 423 g/mol. The summed E-state index contributed by atoms with van der Waals surface area (Å²) in [6.45, 7) is 4.55. The van der Waals surface area contributed by atoms with Gasteiger partial charge in [-0.3, -0.25) is 0 Å². The number of rotatable bonds is 3. The molecule has 5 nitrogen and oxygen atoms in total. The zero-order chi connectivity index (χ0) is 21.3. The summed E-state index contributed by atoms with van der Waals surface area (Å²) in [5.41, 5.74) is 2.96. The third kappa shape index (κ3) is 4.24. The molecule has 1 N–H and O–H groups in total. The fourth-order valence-corrected chi connectivity index (χ4v) is 4.94. The number of sulfonamides is 1. The molecule has 0 unspecified atom stereocenters. The van der Waals surface area contributed by atoms with Gasteiger partial charge in [-0.25, -0.2) is 21.6 Å². The summed E-state index contributed by atoms with van der Waals surface area (Å²) in [6, 6.07) is 7.20. The Morgan fingerprint density at radius 1 is 0.966 bits per heavy atom. The summed E-state index contributed by atoms with van der Waals surface area (Å²) in [6.07, 6.45) is 0. The van der Waals surface area contributed by atoms with Crippen molar-refractivity contribution < 1.29 is 21.6 Å². The number of nitrogens with one attached hydrogen (secondary N) is 1. The Morgan fingerprint density at radius 3 is 2.14 bits per heavy atom. The smallest absolute Gasteiger partial charge is 0.246 e. The Balaban J connectivity index is 1.70. The number of hydrogen-bond donors (Lipinski definition) is 1.